The summed E-state index contributed by atoms with van der Waals surface area (Å²) in [6.45, 7) is 8.16. The van der Waals surface area contributed by atoms with Gasteiger partial charge >= 0.3 is 0 Å². The minimum absolute atomic E-state index is 0.0182. The lowest BCUT2D eigenvalue weighted by molar-refractivity contribution is -0.114. The number of amides is 2. The summed E-state index contributed by atoms with van der Waals surface area (Å²) in [7, 11) is -3.78. The fourth-order valence-corrected chi connectivity index (χ4v) is 5.08. The zero-order chi connectivity index (χ0) is 28.2. The summed E-state index contributed by atoms with van der Waals surface area (Å²) in [6, 6.07) is 18.9. The number of ether oxygens (including phenoxy) is 2. The van der Waals surface area contributed by atoms with E-state index in [-0.39, 0.29) is 17.1 Å². The van der Waals surface area contributed by atoms with Gasteiger partial charge in [0, 0.05) is 23.0 Å². The van der Waals surface area contributed by atoms with Crippen LogP contribution >= 0.6 is 0 Å². The van der Waals surface area contributed by atoms with Crippen molar-refractivity contribution >= 4 is 38.9 Å². The number of fused-ring (bicyclic) bond motifs is 1. The normalized spacial score (nSPS) is 12.9. The average Bonchev–Trinajstić information content (AvgIpc) is 2.91. The van der Waals surface area contributed by atoms with Gasteiger partial charge in [-0.15, -0.1) is 0 Å². The minimum Gasteiger partial charge on any atom is -0.486 e. The fraction of sp³-hybridized carbons (Fsp3) is 0.310. The van der Waals surface area contributed by atoms with Crippen molar-refractivity contribution in [2.75, 3.05) is 40.5 Å². The van der Waals surface area contributed by atoms with Crippen LogP contribution in [0, 0.1) is 0 Å². The van der Waals surface area contributed by atoms with Crippen LogP contribution in [0.4, 0.5) is 17.1 Å². The van der Waals surface area contributed by atoms with Gasteiger partial charge in [0.2, 0.25) is 15.9 Å². The maximum Gasteiger partial charge on any atom is 0.255 e. The van der Waals surface area contributed by atoms with Crippen molar-refractivity contribution in [3.05, 3.63) is 77.9 Å². The van der Waals surface area contributed by atoms with E-state index in [1.165, 1.54) is 6.92 Å². The quantitative estimate of drug-likeness (QED) is 0.416. The Bertz CT molecular complexity index is 1460. The van der Waals surface area contributed by atoms with Gasteiger partial charge in [-0.3, -0.25) is 13.9 Å². The molecule has 206 valence electrons. The highest BCUT2D eigenvalue weighted by atomic mass is 32.2. The molecule has 3 aromatic rings. The van der Waals surface area contributed by atoms with Crippen molar-refractivity contribution in [1.82, 2.24) is 0 Å². The topological polar surface area (TPSA) is 114 Å². The van der Waals surface area contributed by atoms with E-state index in [0.717, 1.165) is 9.87 Å². The average molecular weight is 552 g/mol. The molecule has 0 aromatic heterocycles. The molecule has 0 fully saturated rings. The third-order valence-electron chi connectivity index (χ3n) is 6.22. The Balaban J connectivity index is 1.45. The first-order valence-corrected chi connectivity index (χ1v) is 14.3. The predicted octanol–water partition coefficient (Wildman–Crippen LogP) is 4.80. The molecule has 39 heavy (non-hydrogen) atoms. The van der Waals surface area contributed by atoms with Crippen molar-refractivity contribution in [2.45, 2.75) is 33.1 Å². The van der Waals surface area contributed by atoms with Crippen molar-refractivity contribution in [3.8, 4) is 11.5 Å². The molecular weight excluding hydrogens is 518 g/mol. The Hall–Kier alpha value is -4.05. The molecule has 2 amide bonds. The molecule has 1 aliphatic heterocycles. The highest BCUT2D eigenvalue weighted by Crippen LogP contribution is 2.35. The summed E-state index contributed by atoms with van der Waals surface area (Å²) >= 11 is 0. The van der Waals surface area contributed by atoms with Crippen LogP contribution in [0.3, 0.4) is 0 Å². The minimum atomic E-state index is -3.78. The molecule has 0 radical (unpaired) electrons. The smallest absolute Gasteiger partial charge is 0.255 e. The number of benzene rings is 3. The molecule has 10 heteroatoms. The van der Waals surface area contributed by atoms with E-state index in [4.69, 9.17) is 9.47 Å². The van der Waals surface area contributed by atoms with Gasteiger partial charge in [-0.05, 0) is 60.4 Å². The second-order valence-electron chi connectivity index (χ2n) is 10.1. The van der Waals surface area contributed by atoms with Crippen molar-refractivity contribution < 1.29 is 27.5 Å². The summed E-state index contributed by atoms with van der Waals surface area (Å²) in [6.07, 6.45) is 0. The van der Waals surface area contributed by atoms with E-state index in [9.17, 15) is 18.0 Å². The van der Waals surface area contributed by atoms with Crippen LogP contribution in [-0.4, -0.2) is 45.7 Å². The Labute approximate surface area is 229 Å². The lowest BCUT2D eigenvalue weighted by Gasteiger charge is -2.25. The van der Waals surface area contributed by atoms with E-state index < -0.39 is 22.5 Å². The third kappa shape index (κ3) is 6.88. The van der Waals surface area contributed by atoms with Gasteiger partial charge in [0.25, 0.3) is 5.91 Å². The Morgan fingerprint density at radius 1 is 0.872 bits per heavy atom. The van der Waals surface area contributed by atoms with Gasteiger partial charge in [0.15, 0.2) is 11.5 Å². The second-order valence-corrected chi connectivity index (χ2v) is 12.3. The van der Waals surface area contributed by atoms with Gasteiger partial charge in [0.05, 0.1) is 11.4 Å². The molecule has 0 spiro atoms. The molecule has 0 unspecified atom stereocenters. The summed E-state index contributed by atoms with van der Waals surface area (Å²) in [5.74, 6) is -0.0624. The van der Waals surface area contributed by atoms with Gasteiger partial charge in [-0.25, -0.2) is 8.42 Å². The van der Waals surface area contributed by atoms with Crippen LogP contribution in [-0.2, 0) is 20.2 Å². The van der Waals surface area contributed by atoms with Crippen molar-refractivity contribution in [3.63, 3.8) is 0 Å². The Kier molecular flexibility index (Phi) is 8.15. The van der Waals surface area contributed by atoms with Crippen LogP contribution in [0.25, 0.3) is 0 Å². The standard InChI is InChI=1S/C29H33N3O6S/c1-5-39(35,36)32(24-13-14-25-26(18-24)38-16-15-37-25)19-27(33)30-22-7-6-8-23(17-22)31-28(34)20-9-11-21(12-10-20)29(2,3)4/h6-14,17-18H,5,15-16,19H2,1-4H3,(H,30,33)(H,31,34). The summed E-state index contributed by atoms with van der Waals surface area (Å²) in [5, 5.41) is 5.56. The number of carbonyl (C=O) groups excluding carboxylic acids is 2. The van der Waals surface area contributed by atoms with Gasteiger partial charge in [-0.2, -0.15) is 0 Å². The van der Waals surface area contributed by atoms with Crippen LogP contribution < -0.4 is 24.4 Å². The number of hydrogen-bond acceptors (Lipinski definition) is 6. The highest BCUT2D eigenvalue weighted by Gasteiger charge is 2.25. The SMILES string of the molecule is CCS(=O)(=O)N(CC(=O)Nc1cccc(NC(=O)c2ccc(C(C)(C)C)cc2)c1)c1ccc2c(c1)OCCO2. The van der Waals surface area contributed by atoms with Crippen LogP contribution in [0.5, 0.6) is 11.5 Å². The highest BCUT2D eigenvalue weighted by molar-refractivity contribution is 7.92. The van der Waals surface area contributed by atoms with Gasteiger partial charge < -0.3 is 20.1 Å². The van der Waals surface area contributed by atoms with Gasteiger partial charge in [-0.1, -0.05) is 39.0 Å². The molecule has 1 aliphatic rings. The lowest BCUT2D eigenvalue weighted by Crippen LogP contribution is -2.39. The first kappa shape index (κ1) is 28.0. The number of nitrogens with zero attached hydrogens (tertiary/aromatic N) is 1. The molecule has 9 nitrogen and oxygen atoms in total. The largest absolute Gasteiger partial charge is 0.486 e. The van der Waals surface area contributed by atoms with E-state index in [0.29, 0.717) is 47.3 Å². The number of hydrogen-bond donors (Lipinski definition) is 2. The fourth-order valence-electron chi connectivity index (χ4n) is 4.02. The maximum atomic E-state index is 13.0. The molecule has 2 N–H and O–H groups in total. The van der Waals surface area contributed by atoms with E-state index in [1.807, 2.05) is 12.1 Å². The second kappa shape index (κ2) is 11.4. The van der Waals surface area contributed by atoms with E-state index in [1.54, 1.807) is 54.6 Å². The molecule has 0 saturated heterocycles. The molecule has 1 heterocycles. The van der Waals surface area contributed by atoms with Crippen LogP contribution in [0.15, 0.2) is 66.7 Å². The maximum absolute atomic E-state index is 13.0. The molecule has 0 saturated carbocycles. The Morgan fingerprint density at radius 3 is 2.15 bits per heavy atom. The van der Waals surface area contributed by atoms with E-state index >= 15 is 0 Å². The van der Waals surface area contributed by atoms with Gasteiger partial charge in [0.1, 0.15) is 19.8 Å². The summed E-state index contributed by atoms with van der Waals surface area (Å²) < 4.78 is 37.9. The molecule has 4 rings (SSSR count). The molecular formula is C29H33N3O6S. The first-order chi connectivity index (χ1) is 18.5. The number of rotatable bonds is 8. The summed E-state index contributed by atoms with van der Waals surface area (Å²) in [5.41, 5.74) is 2.82. The lowest BCUT2D eigenvalue weighted by atomic mass is 9.87. The monoisotopic (exact) mass is 551 g/mol. The molecule has 0 atom stereocenters. The first-order valence-electron chi connectivity index (χ1n) is 12.7. The van der Waals surface area contributed by atoms with Crippen molar-refractivity contribution in [1.29, 1.82) is 0 Å². The van der Waals surface area contributed by atoms with Crippen LogP contribution in [0.1, 0.15) is 43.6 Å². The number of sulfonamides is 1. The van der Waals surface area contributed by atoms with E-state index in [2.05, 4.69) is 31.4 Å². The Morgan fingerprint density at radius 2 is 1.51 bits per heavy atom. The molecule has 0 bridgehead atoms. The summed E-state index contributed by atoms with van der Waals surface area (Å²) in [4.78, 5) is 25.7. The van der Waals surface area contributed by atoms with Crippen LogP contribution in [0.2, 0.25) is 0 Å². The van der Waals surface area contributed by atoms with Crippen molar-refractivity contribution in [2.24, 2.45) is 0 Å². The third-order valence-corrected chi connectivity index (χ3v) is 7.96. The number of nitrogens with one attached hydrogen (secondary N) is 2. The zero-order valence-electron chi connectivity index (χ0n) is 22.5. The number of anilines is 3. The molecule has 0 aliphatic carbocycles. The molecule has 3 aromatic carbocycles. The predicted molar refractivity (Wildman–Crippen MR) is 152 cm³/mol. The number of carbonyl (C=O) groups is 2. The zero-order valence-corrected chi connectivity index (χ0v) is 23.3.